The summed E-state index contributed by atoms with van der Waals surface area (Å²) in [5.74, 6) is 1.78. The summed E-state index contributed by atoms with van der Waals surface area (Å²) in [7, 11) is 0. The third-order valence-corrected chi connectivity index (χ3v) is 5.74. The van der Waals surface area contributed by atoms with Gasteiger partial charge in [-0.15, -0.1) is 5.10 Å². The lowest BCUT2D eigenvalue weighted by Gasteiger charge is -2.30. The van der Waals surface area contributed by atoms with Crippen LogP contribution in [0.3, 0.4) is 0 Å². The molecule has 0 spiro atoms. The monoisotopic (exact) mass is 427 g/mol. The van der Waals surface area contributed by atoms with Crippen molar-refractivity contribution >= 4 is 22.7 Å². The fourth-order valence-electron chi connectivity index (χ4n) is 3.71. The molecule has 1 aliphatic heterocycles. The second kappa shape index (κ2) is 9.00. The molecule has 32 heavy (non-hydrogen) atoms. The van der Waals surface area contributed by atoms with Crippen LogP contribution in [0.25, 0.3) is 22.2 Å². The van der Waals surface area contributed by atoms with Gasteiger partial charge in [0.2, 0.25) is 0 Å². The summed E-state index contributed by atoms with van der Waals surface area (Å²) in [5.41, 5.74) is 4.86. The Hall–Kier alpha value is -3.39. The number of aryl methyl sites for hydroxylation is 1. The summed E-state index contributed by atoms with van der Waals surface area (Å²) in [5, 5.41) is 16.1. The Morgan fingerprint density at radius 1 is 0.969 bits per heavy atom. The van der Waals surface area contributed by atoms with Crippen LogP contribution < -0.4 is 5.32 Å². The SMILES string of the molecule is CC(C)c1cnnc(Nc2ccc3ncc(-c4cnn(CCCN5C[CH]C5)c4)cc3n2)c1. The van der Waals surface area contributed by atoms with Crippen molar-refractivity contribution in [2.45, 2.75) is 32.7 Å². The van der Waals surface area contributed by atoms with E-state index in [1.54, 1.807) is 6.20 Å². The van der Waals surface area contributed by atoms with Crippen LogP contribution in [0.2, 0.25) is 0 Å². The van der Waals surface area contributed by atoms with Crippen LogP contribution in [0.1, 0.15) is 31.7 Å². The lowest BCUT2D eigenvalue weighted by atomic mass is 10.1. The van der Waals surface area contributed by atoms with Gasteiger partial charge in [-0.3, -0.25) is 9.67 Å². The maximum absolute atomic E-state index is 4.75. The van der Waals surface area contributed by atoms with Crippen LogP contribution in [0, 0.1) is 6.42 Å². The molecule has 1 saturated heterocycles. The van der Waals surface area contributed by atoms with Crippen LogP contribution in [0.5, 0.6) is 0 Å². The molecule has 0 aromatic carbocycles. The molecule has 8 heteroatoms. The van der Waals surface area contributed by atoms with Crippen molar-refractivity contribution in [3.63, 3.8) is 0 Å². The molecule has 5 heterocycles. The van der Waals surface area contributed by atoms with Gasteiger partial charge < -0.3 is 10.2 Å². The van der Waals surface area contributed by atoms with E-state index in [4.69, 9.17) is 4.98 Å². The standard InChI is InChI=1S/C24H27N8/c1-17(2)18-12-24(30-26-14-18)29-23-6-5-21-22(28-23)11-19(13-25-21)20-15-27-32(16-20)10-4-9-31-7-3-8-31/h3,5-6,11-17H,4,7-10H2,1-2H3,(H,28,29,30). The highest BCUT2D eigenvalue weighted by Crippen LogP contribution is 2.24. The largest absolute Gasteiger partial charge is 0.323 e. The van der Waals surface area contributed by atoms with Crippen molar-refractivity contribution in [1.82, 2.24) is 34.8 Å². The van der Waals surface area contributed by atoms with E-state index in [9.17, 15) is 0 Å². The van der Waals surface area contributed by atoms with Gasteiger partial charge >= 0.3 is 0 Å². The minimum atomic E-state index is 0.387. The van der Waals surface area contributed by atoms with E-state index in [1.165, 1.54) is 0 Å². The van der Waals surface area contributed by atoms with Gasteiger partial charge in [0.05, 0.1) is 23.4 Å². The molecule has 0 bridgehead atoms. The predicted molar refractivity (Wildman–Crippen MR) is 126 cm³/mol. The molecular weight excluding hydrogens is 400 g/mol. The Labute approximate surface area is 187 Å². The van der Waals surface area contributed by atoms with E-state index in [1.807, 2.05) is 35.3 Å². The molecule has 1 fully saturated rings. The smallest absolute Gasteiger partial charge is 0.154 e. The summed E-state index contributed by atoms with van der Waals surface area (Å²) in [6.45, 7) is 8.54. The number of hydrogen-bond donors (Lipinski definition) is 1. The summed E-state index contributed by atoms with van der Waals surface area (Å²) in [6, 6.07) is 7.94. The Morgan fingerprint density at radius 2 is 1.88 bits per heavy atom. The number of anilines is 2. The second-order valence-corrected chi connectivity index (χ2v) is 8.51. The van der Waals surface area contributed by atoms with Crippen molar-refractivity contribution in [1.29, 1.82) is 0 Å². The first-order valence-corrected chi connectivity index (χ1v) is 11.1. The highest BCUT2D eigenvalue weighted by Gasteiger charge is 2.13. The van der Waals surface area contributed by atoms with E-state index in [2.05, 4.69) is 63.0 Å². The fraction of sp³-hybridized carbons (Fsp3) is 0.333. The van der Waals surface area contributed by atoms with Crippen LogP contribution >= 0.6 is 0 Å². The maximum Gasteiger partial charge on any atom is 0.154 e. The van der Waals surface area contributed by atoms with Crippen LogP contribution in [0.4, 0.5) is 11.6 Å². The topological polar surface area (TPSA) is 84.7 Å². The number of aromatic nitrogens is 6. The number of pyridine rings is 2. The van der Waals surface area contributed by atoms with Gasteiger partial charge in [0.1, 0.15) is 5.82 Å². The van der Waals surface area contributed by atoms with Crippen LogP contribution in [0.15, 0.2) is 49.1 Å². The summed E-state index contributed by atoms with van der Waals surface area (Å²) in [6.07, 6.45) is 11.1. The van der Waals surface area contributed by atoms with Crippen LogP contribution in [-0.2, 0) is 6.54 Å². The quantitative estimate of drug-likeness (QED) is 0.454. The number of nitrogens with zero attached hydrogens (tertiary/aromatic N) is 7. The van der Waals surface area contributed by atoms with E-state index < -0.39 is 0 Å². The molecule has 0 aliphatic carbocycles. The van der Waals surface area contributed by atoms with Crippen molar-refractivity contribution in [3.05, 3.63) is 61.0 Å². The van der Waals surface area contributed by atoms with Gasteiger partial charge in [-0.2, -0.15) is 10.2 Å². The number of nitrogens with one attached hydrogen (secondary N) is 1. The average molecular weight is 428 g/mol. The third-order valence-electron chi connectivity index (χ3n) is 5.74. The normalized spacial score (nSPS) is 14.1. The Kier molecular flexibility index (Phi) is 5.77. The molecule has 1 radical (unpaired) electrons. The van der Waals surface area contributed by atoms with E-state index in [0.29, 0.717) is 17.6 Å². The number of likely N-dealkylation sites (tertiary alicyclic amines) is 1. The van der Waals surface area contributed by atoms with Gasteiger partial charge in [0, 0.05) is 43.2 Å². The van der Waals surface area contributed by atoms with E-state index in [-0.39, 0.29) is 0 Å². The zero-order valence-corrected chi connectivity index (χ0v) is 18.4. The van der Waals surface area contributed by atoms with Gasteiger partial charge in [-0.1, -0.05) is 13.8 Å². The van der Waals surface area contributed by atoms with Gasteiger partial charge in [0.15, 0.2) is 5.82 Å². The van der Waals surface area contributed by atoms with Crippen molar-refractivity contribution in [2.24, 2.45) is 0 Å². The van der Waals surface area contributed by atoms with E-state index in [0.717, 1.165) is 60.3 Å². The zero-order valence-electron chi connectivity index (χ0n) is 18.4. The third kappa shape index (κ3) is 4.60. The molecule has 1 N–H and O–H groups in total. The minimum Gasteiger partial charge on any atom is -0.323 e. The fourth-order valence-corrected chi connectivity index (χ4v) is 3.71. The average Bonchev–Trinajstić information content (AvgIpc) is 3.24. The van der Waals surface area contributed by atoms with Crippen molar-refractivity contribution in [2.75, 3.05) is 25.0 Å². The molecule has 8 nitrogen and oxygen atoms in total. The highest BCUT2D eigenvalue weighted by molar-refractivity contribution is 5.81. The molecule has 0 atom stereocenters. The van der Waals surface area contributed by atoms with Gasteiger partial charge in [-0.25, -0.2) is 4.98 Å². The lowest BCUT2D eigenvalue weighted by molar-refractivity contribution is 0.235. The Balaban J connectivity index is 1.31. The van der Waals surface area contributed by atoms with Gasteiger partial charge in [0.25, 0.3) is 0 Å². The molecule has 5 rings (SSSR count). The molecule has 0 unspecified atom stereocenters. The number of hydrogen-bond acceptors (Lipinski definition) is 7. The second-order valence-electron chi connectivity index (χ2n) is 8.51. The Morgan fingerprint density at radius 3 is 2.69 bits per heavy atom. The van der Waals surface area contributed by atoms with Crippen molar-refractivity contribution < 1.29 is 0 Å². The first kappa shape index (κ1) is 20.5. The number of rotatable bonds is 8. The zero-order chi connectivity index (χ0) is 21.9. The molecule has 4 aromatic rings. The first-order chi connectivity index (χ1) is 15.6. The summed E-state index contributed by atoms with van der Waals surface area (Å²) < 4.78 is 2.01. The van der Waals surface area contributed by atoms with Crippen LogP contribution in [-0.4, -0.2) is 54.5 Å². The lowest BCUT2D eigenvalue weighted by Crippen LogP contribution is -2.38. The molecule has 4 aromatic heterocycles. The maximum atomic E-state index is 4.75. The Bertz CT molecular complexity index is 1210. The molecule has 0 amide bonds. The molecule has 1 aliphatic rings. The predicted octanol–water partition coefficient (Wildman–Crippen LogP) is 4.06. The molecule has 163 valence electrons. The molecule has 0 saturated carbocycles. The summed E-state index contributed by atoms with van der Waals surface area (Å²) >= 11 is 0. The first-order valence-electron chi connectivity index (χ1n) is 11.1. The number of fused-ring (bicyclic) bond motifs is 1. The van der Waals surface area contributed by atoms with Crippen molar-refractivity contribution in [3.8, 4) is 11.1 Å². The van der Waals surface area contributed by atoms with E-state index >= 15 is 0 Å². The minimum absolute atomic E-state index is 0.387. The summed E-state index contributed by atoms with van der Waals surface area (Å²) in [4.78, 5) is 11.8. The molecular formula is C24H27N8. The van der Waals surface area contributed by atoms with Gasteiger partial charge in [-0.05, 0) is 55.1 Å². The highest BCUT2D eigenvalue weighted by atomic mass is 15.3.